The maximum absolute atomic E-state index is 13.3. The minimum absolute atomic E-state index is 0.251. The van der Waals surface area contributed by atoms with E-state index in [1.54, 1.807) is 29.2 Å². The molecule has 3 aromatic rings. The number of Topliss-reactive ketones (excluding diaryl/α,β-unsaturated/α-hetero) is 1. The molecule has 0 spiro atoms. The zero-order valence-electron chi connectivity index (χ0n) is 15.2. The molecule has 1 N–H and O–H groups in total. The normalized spacial score (nSPS) is 18.4. The van der Waals surface area contributed by atoms with Crippen molar-refractivity contribution in [3.8, 4) is 0 Å². The van der Waals surface area contributed by atoms with Crippen LogP contribution in [-0.2, 0) is 16.9 Å². The van der Waals surface area contributed by atoms with E-state index in [1.807, 2.05) is 43.3 Å². The number of amides is 1. The first kappa shape index (κ1) is 19.1. The molecular formula is C22H18BrNO3S. The Bertz CT molecular complexity index is 1080. The molecular weight excluding hydrogens is 438 g/mol. The number of aryl methyl sites for hydroxylation is 1. The molecule has 6 heteroatoms. The highest BCUT2D eigenvalue weighted by Gasteiger charge is 2.50. The van der Waals surface area contributed by atoms with Gasteiger partial charge in [-0.15, -0.1) is 11.3 Å². The number of hydrogen-bond donors (Lipinski definition) is 1. The van der Waals surface area contributed by atoms with E-state index in [-0.39, 0.29) is 12.2 Å². The summed E-state index contributed by atoms with van der Waals surface area (Å²) >= 11 is 4.64. The van der Waals surface area contributed by atoms with Crippen LogP contribution < -0.4 is 4.90 Å². The van der Waals surface area contributed by atoms with Crippen molar-refractivity contribution in [3.63, 3.8) is 0 Å². The topological polar surface area (TPSA) is 57.6 Å². The van der Waals surface area contributed by atoms with Crippen LogP contribution in [0.3, 0.4) is 0 Å². The Labute approximate surface area is 175 Å². The number of rotatable bonds is 5. The number of benzene rings is 2. The summed E-state index contributed by atoms with van der Waals surface area (Å²) in [4.78, 5) is 28.1. The highest BCUT2D eigenvalue weighted by Crippen LogP contribution is 2.44. The van der Waals surface area contributed by atoms with E-state index < -0.39 is 11.5 Å². The summed E-state index contributed by atoms with van der Waals surface area (Å²) < 4.78 is 0.835. The van der Waals surface area contributed by atoms with Crippen molar-refractivity contribution >= 4 is 44.6 Å². The molecule has 1 amide bonds. The second-order valence-corrected chi connectivity index (χ2v) is 9.36. The molecule has 1 aliphatic rings. The Morgan fingerprint density at radius 1 is 1.11 bits per heavy atom. The SMILES string of the molecule is Cc1ccccc1CN1C(=O)[C@@](O)(CC(=O)c2ccc(Br)s2)c2ccccc21. The molecule has 1 aromatic heterocycles. The lowest BCUT2D eigenvalue weighted by Gasteiger charge is -2.23. The largest absolute Gasteiger partial charge is 0.375 e. The summed E-state index contributed by atoms with van der Waals surface area (Å²) in [5.41, 5.74) is 1.36. The monoisotopic (exact) mass is 455 g/mol. The summed E-state index contributed by atoms with van der Waals surface area (Å²) in [5.74, 6) is -0.708. The molecule has 0 fully saturated rings. The predicted molar refractivity (Wildman–Crippen MR) is 114 cm³/mol. The number of ketones is 1. The average molecular weight is 456 g/mol. The second kappa shape index (κ2) is 7.28. The van der Waals surface area contributed by atoms with Crippen LogP contribution in [0.2, 0.25) is 0 Å². The lowest BCUT2D eigenvalue weighted by molar-refractivity contribution is -0.136. The standard InChI is InChI=1S/C22H18BrNO3S/c1-14-6-2-3-7-15(14)13-24-17-9-5-4-8-16(17)22(27,21(24)26)12-18(25)19-10-11-20(23)28-19/h2-11,27H,12-13H2,1H3/t22-/m1/s1. The van der Waals surface area contributed by atoms with Crippen LogP contribution in [-0.4, -0.2) is 16.8 Å². The maximum atomic E-state index is 13.3. The van der Waals surface area contributed by atoms with Crippen LogP contribution >= 0.6 is 27.3 Å². The van der Waals surface area contributed by atoms with Gasteiger partial charge in [-0.1, -0.05) is 42.5 Å². The van der Waals surface area contributed by atoms with Gasteiger partial charge in [-0.3, -0.25) is 9.59 Å². The number of aliphatic hydroxyl groups is 1. The van der Waals surface area contributed by atoms with E-state index in [9.17, 15) is 14.7 Å². The highest BCUT2D eigenvalue weighted by atomic mass is 79.9. The van der Waals surface area contributed by atoms with Crippen LogP contribution in [0, 0.1) is 6.92 Å². The molecule has 0 saturated carbocycles. The van der Waals surface area contributed by atoms with Crippen molar-refractivity contribution in [3.05, 3.63) is 86.0 Å². The molecule has 0 aliphatic carbocycles. The molecule has 1 aliphatic heterocycles. The maximum Gasteiger partial charge on any atom is 0.264 e. The molecule has 0 unspecified atom stereocenters. The van der Waals surface area contributed by atoms with Crippen molar-refractivity contribution in [2.45, 2.75) is 25.5 Å². The molecule has 2 aromatic carbocycles. The Balaban J connectivity index is 1.70. The number of fused-ring (bicyclic) bond motifs is 1. The molecule has 4 rings (SSSR count). The van der Waals surface area contributed by atoms with Crippen LogP contribution in [0.4, 0.5) is 5.69 Å². The summed E-state index contributed by atoms with van der Waals surface area (Å²) in [7, 11) is 0. The van der Waals surface area contributed by atoms with Crippen molar-refractivity contribution in [1.82, 2.24) is 0 Å². The first-order valence-corrected chi connectivity index (χ1v) is 10.5. The van der Waals surface area contributed by atoms with Gasteiger partial charge in [0.25, 0.3) is 5.91 Å². The lowest BCUT2D eigenvalue weighted by Crippen LogP contribution is -2.41. The quantitative estimate of drug-likeness (QED) is 0.560. The fraction of sp³-hybridized carbons (Fsp3) is 0.182. The number of nitrogens with zero attached hydrogens (tertiary/aromatic N) is 1. The summed E-state index contributed by atoms with van der Waals surface area (Å²) in [6.45, 7) is 2.34. The van der Waals surface area contributed by atoms with Gasteiger partial charge in [0.1, 0.15) is 0 Å². The van der Waals surface area contributed by atoms with Crippen LogP contribution in [0.5, 0.6) is 0 Å². The molecule has 2 heterocycles. The van der Waals surface area contributed by atoms with Gasteiger partial charge in [-0.25, -0.2) is 0 Å². The van der Waals surface area contributed by atoms with Gasteiger partial charge < -0.3 is 10.0 Å². The van der Waals surface area contributed by atoms with Gasteiger partial charge in [0.2, 0.25) is 0 Å². The third-order valence-electron chi connectivity index (χ3n) is 5.09. The third-order valence-corrected chi connectivity index (χ3v) is 6.76. The minimum Gasteiger partial charge on any atom is -0.375 e. The minimum atomic E-state index is -1.85. The number of anilines is 1. The Morgan fingerprint density at radius 2 is 1.82 bits per heavy atom. The van der Waals surface area contributed by atoms with Crippen molar-refractivity contribution in [1.29, 1.82) is 0 Å². The highest BCUT2D eigenvalue weighted by molar-refractivity contribution is 9.11. The van der Waals surface area contributed by atoms with Gasteiger partial charge >= 0.3 is 0 Å². The van der Waals surface area contributed by atoms with Crippen molar-refractivity contribution in [2.75, 3.05) is 4.90 Å². The fourth-order valence-electron chi connectivity index (χ4n) is 3.58. The Kier molecular flexibility index (Phi) is 4.95. The van der Waals surface area contributed by atoms with Gasteiger partial charge in [-0.05, 0) is 52.2 Å². The lowest BCUT2D eigenvalue weighted by atomic mass is 9.89. The van der Waals surface area contributed by atoms with Crippen LogP contribution in [0.15, 0.2) is 64.5 Å². The van der Waals surface area contributed by atoms with Crippen LogP contribution in [0.1, 0.15) is 32.8 Å². The average Bonchev–Trinajstić information content (AvgIpc) is 3.20. The van der Waals surface area contributed by atoms with Crippen LogP contribution in [0.25, 0.3) is 0 Å². The third kappa shape index (κ3) is 3.21. The molecule has 0 saturated heterocycles. The predicted octanol–water partition coefficient (Wildman–Crippen LogP) is 4.83. The van der Waals surface area contributed by atoms with E-state index in [1.165, 1.54) is 11.3 Å². The van der Waals surface area contributed by atoms with E-state index in [4.69, 9.17) is 0 Å². The second-order valence-electron chi connectivity index (χ2n) is 6.90. The summed E-state index contributed by atoms with van der Waals surface area (Å²) in [5, 5.41) is 11.3. The molecule has 142 valence electrons. The van der Waals surface area contributed by atoms with Gasteiger partial charge in [0.15, 0.2) is 11.4 Å². The molecule has 0 bridgehead atoms. The van der Waals surface area contributed by atoms with E-state index >= 15 is 0 Å². The summed E-state index contributed by atoms with van der Waals surface area (Å²) in [6.07, 6.45) is -0.278. The van der Waals surface area contributed by atoms with Gasteiger partial charge in [0.05, 0.1) is 27.3 Å². The van der Waals surface area contributed by atoms with Gasteiger partial charge in [0, 0.05) is 5.56 Å². The first-order chi connectivity index (χ1) is 13.4. The summed E-state index contributed by atoms with van der Waals surface area (Å²) in [6, 6.07) is 18.5. The molecule has 1 atom stereocenters. The number of halogens is 1. The Morgan fingerprint density at radius 3 is 2.54 bits per heavy atom. The zero-order valence-corrected chi connectivity index (χ0v) is 17.6. The van der Waals surface area contributed by atoms with Crippen molar-refractivity contribution < 1.29 is 14.7 Å². The van der Waals surface area contributed by atoms with Gasteiger partial charge in [-0.2, -0.15) is 0 Å². The number of thiophene rings is 1. The van der Waals surface area contributed by atoms with E-state index in [0.717, 1.165) is 14.9 Å². The number of para-hydroxylation sites is 1. The Hall–Kier alpha value is -2.28. The first-order valence-electron chi connectivity index (χ1n) is 8.87. The molecule has 0 radical (unpaired) electrons. The molecule has 4 nitrogen and oxygen atoms in total. The zero-order chi connectivity index (χ0) is 19.9. The smallest absolute Gasteiger partial charge is 0.264 e. The van der Waals surface area contributed by atoms with E-state index in [2.05, 4.69) is 15.9 Å². The molecule has 28 heavy (non-hydrogen) atoms. The number of carbonyl (C=O) groups is 2. The van der Waals surface area contributed by atoms with Crippen molar-refractivity contribution in [2.24, 2.45) is 0 Å². The fourth-order valence-corrected chi connectivity index (χ4v) is 4.90. The number of carbonyl (C=O) groups excluding carboxylic acids is 2. The number of hydrogen-bond acceptors (Lipinski definition) is 4. The van der Waals surface area contributed by atoms with E-state index in [0.29, 0.717) is 22.7 Å².